The summed E-state index contributed by atoms with van der Waals surface area (Å²) < 4.78 is 6.07. The van der Waals surface area contributed by atoms with Crippen LogP contribution in [0.2, 0.25) is 5.02 Å². The highest BCUT2D eigenvalue weighted by Gasteiger charge is 2.34. The number of fused-ring (bicyclic) bond motifs is 1. The summed E-state index contributed by atoms with van der Waals surface area (Å²) in [5, 5.41) is 23.4. The van der Waals surface area contributed by atoms with E-state index in [4.69, 9.17) is 16.3 Å². The van der Waals surface area contributed by atoms with Crippen molar-refractivity contribution in [2.45, 2.75) is 51.5 Å². The molecule has 4 N–H and O–H groups in total. The van der Waals surface area contributed by atoms with E-state index >= 15 is 0 Å². The summed E-state index contributed by atoms with van der Waals surface area (Å²) in [6, 6.07) is 10.8. The highest BCUT2D eigenvalue weighted by molar-refractivity contribution is 6.34. The van der Waals surface area contributed by atoms with Crippen molar-refractivity contribution in [3.05, 3.63) is 59.1 Å². The summed E-state index contributed by atoms with van der Waals surface area (Å²) in [5.41, 5.74) is 3.02. The highest BCUT2D eigenvalue weighted by atomic mass is 35.5. The maximum absolute atomic E-state index is 11.7. The van der Waals surface area contributed by atoms with Crippen molar-refractivity contribution < 1.29 is 19.7 Å². The number of aromatic nitrogens is 2. The van der Waals surface area contributed by atoms with Crippen molar-refractivity contribution in [3.63, 3.8) is 0 Å². The van der Waals surface area contributed by atoms with Crippen LogP contribution in [0.1, 0.15) is 33.3 Å². The average Bonchev–Trinajstić information content (AvgIpc) is 3.07. The Balaban J connectivity index is 1.62. The molecule has 8 heteroatoms. The molecule has 4 unspecified atom stereocenters. The zero-order chi connectivity index (χ0) is 23.9. The van der Waals surface area contributed by atoms with E-state index in [0.717, 1.165) is 22.2 Å². The second kappa shape index (κ2) is 8.82. The van der Waals surface area contributed by atoms with Gasteiger partial charge < -0.3 is 19.9 Å². The van der Waals surface area contributed by atoms with Crippen LogP contribution in [0, 0.1) is 5.92 Å². The summed E-state index contributed by atoms with van der Waals surface area (Å²) in [6.07, 6.45) is 3.31. The smallest absolute Gasteiger partial charge is 0.321 e. The number of nitrogens with zero attached hydrogens (tertiary/aromatic N) is 1. The quantitative estimate of drug-likeness (QED) is 0.410. The number of aliphatic carboxylic acids is 1. The Morgan fingerprint density at radius 3 is 2.48 bits per heavy atom. The number of carbonyl (C=O) groups is 1. The predicted octanol–water partition coefficient (Wildman–Crippen LogP) is 4.50. The topological polar surface area (TPSA) is 107 Å². The minimum atomic E-state index is -0.919. The van der Waals surface area contributed by atoms with Gasteiger partial charge in [0.15, 0.2) is 0 Å². The molecule has 0 fully saturated rings. The van der Waals surface area contributed by atoms with Gasteiger partial charge in [-0.15, -0.1) is 0 Å². The predicted molar refractivity (Wildman–Crippen MR) is 129 cm³/mol. The molecule has 174 valence electrons. The number of benzene rings is 2. The lowest BCUT2D eigenvalue weighted by Gasteiger charge is -2.25. The molecule has 1 aliphatic rings. The molecule has 0 saturated carbocycles. The van der Waals surface area contributed by atoms with Crippen molar-refractivity contribution in [2.75, 3.05) is 0 Å². The standard InChI is InChI=1S/C25H28ClN3O4/c1-13-5-10-21(14(2)22(27-13)23(30)31)33-24-28-19-11-17(18(26)12-20(19)29-24)15-6-8-16(9-7-15)25(3,4)32/h5-14,21-22,27,32H,1-4H3,(H,28,29)(H,30,31). The third-order valence-corrected chi connectivity index (χ3v) is 6.35. The average molecular weight is 470 g/mol. The van der Waals surface area contributed by atoms with Gasteiger partial charge in [-0.3, -0.25) is 10.1 Å². The van der Waals surface area contributed by atoms with Gasteiger partial charge in [-0.1, -0.05) is 48.9 Å². The Bertz CT molecular complexity index is 1200. The molecule has 0 saturated heterocycles. The molecule has 3 aromatic rings. The van der Waals surface area contributed by atoms with Gasteiger partial charge in [0.25, 0.3) is 6.01 Å². The van der Waals surface area contributed by atoms with Crippen molar-refractivity contribution in [3.8, 4) is 17.1 Å². The molecule has 1 aromatic heterocycles. The van der Waals surface area contributed by atoms with E-state index in [2.05, 4.69) is 15.3 Å². The fourth-order valence-electron chi connectivity index (χ4n) is 4.05. The number of hydrogen-bond acceptors (Lipinski definition) is 5. The number of carboxylic acids is 1. The summed E-state index contributed by atoms with van der Waals surface area (Å²) in [7, 11) is 0. The van der Waals surface area contributed by atoms with Crippen LogP contribution in [0.15, 0.2) is 48.6 Å². The lowest BCUT2D eigenvalue weighted by molar-refractivity contribution is -0.141. The molecule has 4 atom stereocenters. The van der Waals surface area contributed by atoms with E-state index in [0.29, 0.717) is 16.5 Å². The fourth-order valence-corrected chi connectivity index (χ4v) is 4.32. The number of hydrogen-bond donors (Lipinski definition) is 4. The van der Waals surface area contributed by atoms with Gasteiger partial charge in [0, 0.05) is 17.5 Å². The molecule has 0 amide bonds. The van der Waals surface area contributed by atoms with Gasteiger partial charge in [-0.25, -0.2) is 0 Å². The van der Waals surface area contributed by atoms with E-state index in [9.17, 15) is 15.0 Å². The molecule has 0 aliphatic carbocycles. The zero-order valence-corrected chi connectivity index (χ0v) is 19.7. The number of rotatable bonds is 5. The van der Waals surface area contributed by atoms with Crippen LogP contribution in [-0.2, 0) is 10.4 Å². The van der Waals surface area contributed by atoms with Gasteiger partial charge >= 0.3 is 5.97 Å². The molecular weight excluding hydrogens is 442 g/mol. The number of imidazole rings is 1. The first-order valence-corrected chi connectivity index (χ1v) is 11.3. The number of aromatic amines is 1. The molecule has 2 heterocycles. The second-order valence-corrected chi connectivity index (χ2v) is 9.53. The lowest BCUT2D eigenvalue weighted by atomic mass is 9.95. The first-order valence-electron chi connectivity index (χ1n) is 10.9. The molecule has 7 nitrogen and oxygen atoms in total. The lowest BCUT2D eigenvalue weighted by Crippen LogP contribution is -2.47. The molecule has 1 aliphatic heterocycles. The molecule has 0 bridgehead atoms. The van der Waals surface area contributed by atoms with Gasteiger partial charge in [0.05, 0.1) is 21.7 Å². The Morgan fingerprint density at radius 2 is 1.85 bits per heavy atom. The molecule has 4 rings (SSSR count). The molecule has 0 spiro atoms. The zero-order valence-electron chi connectivity index (χ0n) is 19.0. The minimum absolute atomic E-state index is 0.0815. The normalized spacial score (nSPS) is 23.5. The number of halogens is 1. The number of carboxylic acid groups (broad SMARTS) is 1. The van der Waals surface area contributed by atoms with E-state index in [1.54, 1.807) is 19.9 Å². The summed E-state index contributed by atoms with van der Waals surface area (Å²) in [4.78, 5) is 19.4. The molecular formula is C25H28ClN3O4. The monoisotopic (exact) mass is 469 g/mol. The van der Waals surface area contributed by atoms with Crippen LogP contribution >= 0.6 is 11.6 Å². The van der Waals surface area contributed by atoms with Crippen molar-refractivity contribution in [2.24, 2.45) is 5.92 Å². The van der Waals surface area contributed by atoms with Crippen LogP contribution in [0.25, 0.3) is 22.2 Å². The fraction of sp³-hybridized carbons (Fsp3) is 0.360. The van der Waals surface area contributed by atoms with E-state index in [1.165, 1.54) is 0 Å². The highest BCUT2D eigenvalue weighted by Crippen LogP contribution is 2.34. The third-order valence-electron chi connectivity index (χ3n) is 6.04. The van der Waals surface area contributed by atoms with Crippen LogP contribution in [0.4, 0.5) is 0 Å². The van der Waals surface area contributed by atoms with Crippen molar-refractivity contribution in [1.29, 1.82) is 0 Å². The van der Waals surface area contributed by atoms with Gasteiger partial charge in [0.2, 0.25) is 0 Å². The van der Waals surface area contributed by atoms with E-state index < -0.39 is 23.7 Å². The van der Waals surface area contributed by atoms with Crippen LogP contribution in [-0.4, -0.2) is 44.3 Å². The summed E-state index contributed by atoms with van der Waals surface area (Å²) in [6.45, 7) is 7.23. The van der Waals surface area contributed by atoms with Crippen molar-refractivity contribution in [1.82, 2.24) is 15.3 Å². The van der Waals surface area contributed by atoms with Gasteiger partial charge in [-0.2, -0.15) is 4.98 Å². The van der Waals surface area contributed by atoms with Crippen LogP contribution < -0.4 is 10.1 Å². The Labute approximate surface area is 197 Å². The maximum atomic E-state index is 11.7. The van der Waals surface area contributed by atoms with Gasteiger partial charge in [-0.05, 0) is 50.1 Å². The molecule has 2 aromatic carbocycles. The van der Waals surface area contributed by atoms with E-state index in [-0.39, 0.29) is 12.0 Å². The Hall–Kier alpha value is -2.87. The first-order chi connectivity index (χ1) is 15.5. The number of ether oxygens (including phenoxy) is 1. The van der Waals surface area contributed by atoms with E-state index in [1.807, 2.05) is 56.3 Å². The van der Waals surface area contributed by atoms with Gasteiger partial charge in [0.1, 0.15) is 12.1 Å². The second-order valence-electron chi connectivity index (χ2n) is 9.13. The Kier molecular flexibility index (Phi) is 6.22. The maximum Gasteiger partial charge on any atom is 0.321 e. The van der Waals surface area contributed by atoms with Crippen LogP contribution in [0.3, 0.4) is 0 Å². The molecule has 33 heavy (non-hydrogen) atoms. The number of aliphatic hydroxyl groups is 1. The number of H-pyrrole nitrogens is 1. The van der Waals surface area contributed by atoms with Crippen molar-refractivity contribution >= 4 is 28.6 Å². The third kappa shape index (κ3) is 4.90. The summed E-state index contributed by atoms with van der Waals surface area (Å²) >= 11 is 6.56. The largest absolute Gasteiger partial charge is 0.480 e. The number of nitrogens with one attached hydrogen (secondary N) is 2. The Morgan fingerprint density at radius 1 is 1.15 bits per heavy atom. The SMILES string of the molecule is CC1C=CC(Oc2nc3cc(-c4ccc(C(C)(C)O)cc4)c(Cl)cc3[nH]2)C(C)C(C(=O)O)N1. The van der Waals surface area contributed by atoms with Crippen LogP contribution in [0.5, 0.6) is 6.01 Å². The first kappa shape index (κ1) is 23.3. The molecule has 0 radical (unpaired) electrons. The summed E-state index contributed by atoms with van der Waals surface area (Å²) in [5.74, 6) is -1.23. The minimum Gasteiger partial charge on any atom is -0.480 e.